The van der Waals surface area contributed by atoms with E-state index in [-0.39, 0.29) is 5.91 Å². The highest BCUT2D eigenvalue weighted by Crippen LogP contribution is 2.23. The van der Waals surface area contributed by atoms with Crippen molar-refractivity contribution in [3.05, 3.63) is 29.5 Å². The van der Waals surface area contributed by atoms with Crippen molar-refractivity contribution in [2.75, 3.05) is 6.54 Å². The minimum atomic E-state index is 0.192. The lowest BCUT2D eigenvalue weighted by Crippen LogP contribution is -2.44. The maximum absolute atomic E-state index is 12.5. The third kappa shape index (κ3) is 3.32. The van der Waals surface area contributed by atoms with Crippen molar-refractivity contribution in [3.63, 3.8) is 0 Å². The van der Waals surface area contributed by atoms with E-state index in [1.54, 1.807) is 18.5 Å². The number of thiazole rings is 1. The molecular weight excluding hydrogens is 296 g/mol. The monoisotopic (exact) mass is 316 g/mol. The van der Waals surface area contributed by atoms with Gasteiger partial charge in [-0.05, 0) is 31.7 Å². The van der Waals surface area contributed by atoms with Crippen LogP contribution in [0.1, 0.15) is 38.3 Å². The van der Waals surface area contributed by atoms with E-state index in [0.29, 0.717) is 18.3 Å². The summed E-state index contributed by atoms with van der Waals surface area (Å²) in [7, 11) is 0. The van der Waals surface area contributed by atoms with Gasteiger partial charge in [0.2, 0.25) is 5.91 Å². The molecule has 6 heteroatoms. The number of hydrogen-bond acceptors (Lipinski definition) is 5. The van der Waals surface area contributed by atoms with Crippen LogP contribution in [-0.4, -0.2) is 38.3 Å². The molecule has 1 unspecified atom stereocenters. The van der Waals surface area contributed by atoms with Crippen molar-refractivity contribution in [2.45, 2.75) is 45.1 Å². The summed E-state index contributed by atoms with van der Waals surface area (Å²) in [5.74, 6) is 0.813. The van der Waals surface area contributed by atoms with Crippen LogP contribution in [0.15, 0.2) is 23.8 Å². The number of carbonyl (C=O) groups excluding carboxylic acids is 1. The first kappa shape index (κ1) is 15.1. The molecule has 0 spiro atoms. The Morgan fingerprint density at radius 2 is 2.18 bits per heavy atom. The maximum atomic E-state index is 12.5. The van der Waals surface area contributed by atoms with Gasteiger partial charge >= 0.3 is 0 Å². The first-order valence-electron chi connectivity index (χ1n) is 7.79. The van der Waals surface area contributed by atoms with Gasteiger partial charge in [0.15, 0.2) is 10.8 Å². The highest BCUT2D eigenvalue weighted by Gasteiger charge is 2.25. The average molecular weight is 316 g/mol. The lowest BCUT2D eigenvalue weighted by atomic mass is 9.99. The molecule has 3 rings (SSSR count). The van der Waals surface area contributed by atoms with Crippen LogP contribution in [-0.2, 0) is 11.2 Å². The van der Waals surface area contributed by atoms with E-state index in [1.807, 2.05) is 10.3 Å². The Bertz CT molecular complexity index is 628. The third-order valence-electron chi connectivity index (χ3n) is 4.06. The van der Waals surface area contributed by atoms with Crippen molar-refractivity contribution < 1.29 is 4.79 Å². The third-order valence-corrected chi connectivity index (χ3v) is 4.95. The molecule has 1 amide bonds. The van der Waals surface area contributed by atoms with Crippen molar-refractivity contribution in [1.82, 2.24) is 19.9 Å². The summed E-state index contributed by atoms with van der Waals surface area (Å²) >= 11 is 1.49. The van der Waals surface area contributed by atoms with Gasteiger partial charge in [-0.2, -0.15) is 0 Å². The molecule has 1 aliphatic heterocycles. The molecule has 0 N–H and O–H groups in total. The second-order valence-electron chi connectivity index (χ2n) is 5.54. The highest BCUT2D eigenvalue weighted by molar-refractivity contribution is 7.13. The summed E-state index contributed by atoms with van der Waals surface area (Å²) in [5, 5.41) is 2.71. The van der Waals surface area contributed by atoms with E-state index in [2.05, 4.69) is 21.9 Å². The molecule has 0 aliphatic carbocycles. The fourth-order valence-electron chi connectivity index (χ4n) is 2.91. The molecule has 1 saturated heterocycles. The minimum absolute atomic E-state index is 0.192. The van der Waals surface area contributed by atoms with Gasteiger partial charge in [0.05, 0.1) is 12.1 Å². The van der Waals surface area contributed by atoms with Gasteiger partial charge < -0.3 is 4.90 Å². The highest BCUT2D eigenvalue weighted by atomic mass is 32.1. The van der Waals surface area contributed by atoms with E-state index < -0.39 is 0 Å². The molecule has 2 aromatic rings. The fraction of sp³-hybridized carbons (Fsp3) is 0.500. The van der Waals surface area contributed by atoms with Crippen LogP contribution in [0.25, 0.3) is 10.8 Å². The number of amides is 1. The van der Waals surface area contributed by atoms with Gasteiger partial charge in [-0.15, -0.1) is 11.3 Å². The molecule has 5 nitrogen and oxygen atoms in total. The lowest BCUT2D eigenvalue weighted by molar-refractivity contribution is -0.134. The second-order valence-corrected chi connectivity index (χ2v) is 6.40. The molecule has 3 heterocycles. The summed E-state index contributed by atoms with van der Waals surface area (Å²) in [4.78, 5) is 27.5. The van der Waals surface area contributed by atoms with E-state index >= 15 is 0 Å². The van der Waals surface area contributed by atoms with E-state index in [9.17, 15) is 4.79 Å². The molecule has 0 saturated carbocycles. The van der Waals surface area contributed by atoms with Gasteiger partial charge in [-0.25, -0.2) is 15.0 Å². The van der Waals surface area contributed by atoms with Gasteiger partial charge in [0, 0.05) is 30.4 Å². The normalized spacial score (nSPS) is 18.4. The van der Waals surface area contributed by atoms with Crippen molar-refractivity contribution in [3.8, 4) is 10.8 Å². The van der Waals surface area contributed by atoms with Crippen LogP contribution < -0.4 is 0 Å². The summed E-state index contributed by atoms with van der Waals surface area (Å²) in [6.07, 6.45) is 8.29. The average Bonchev–Trinajstić information content (AvgIpc) is 3.04. The van der Waals surface area contributed by atoms with Crippen LogP contribution in [0.4, 0.5) is 0 Å². The van der Waals surface area contributed by atoms with Gasteiger partial charge in [-0.1, -0.05) is 6.92 Å². The number of nitrogens with zero attached hydrogens (tertiary/aromatic N) is 4. The zero-order valence-corrected chi connectivity index (χ0v) is 13.6. The molecular formula is C16H20N4OS. The number of hydrogen-bond donors (Lipinski definition) is 0. The topological polar surface area (TPSA) is 59.0 Å². The predicted octanol–water partition coefficient (Wildman–Crippen LogP) is 2.93. The van der Waals surface area contributed by atoms with Crippen molar-refractivity contribution >= 4 is 17.2 Å². The quantitative estimate of drug-likeness (QED) is 0.870. The molecule has 0 radical (unpaired) electrons. The van der Waals surface area contributed by atoms with Crippen LogP contribution >= 0.6 is 11.3 Å². The number of likely N-dealkylation sites (tertiary alicyclic amines) is 1. The summed E-state index contributed by atoms with van der Waals surface area (Å²) < 4.78 is 0. The first-order valence-corrected chi connectivity index (χ1v) is 8.67. The van der Waals surface area contributed by atoms with Gasteiger partial charge in [0.1, 0.15) is 0 Å². The Morgan fingerprint density at radius 1 is 1.36 bits per heavy atom. The maximum Gasteiger partial charge on any atom is 0.228 e. The van der Waals surface area contributed by atoms with Crippen LogP contribution in [0.2, 0.25) is 0 Å². The predicted molar refractivity (Wildman–Crippen MR) is 86.5 cm³/mol. The molecule has 2 aromatic heterocycles. The molecule has 22 heavy (non-hydrogen) atoms. The van der Waals surface area contributed by atoms with E-state index in [1.165, 1.54) is 17.8 Å². The number of piperidine rings is 1. The van der Waals surface area contributed by atoms with Gasteiger partial charge in [0.25, 0.3) is 0 Å². The number of carbonyl (C=O) groups is 1. The standard InChI is InChI=1S/C16H20N4OS/c1-2-13-6-3-4-9-20(13)14(21)10-12-11-22-16(19-12)15-17-7-5-8-18-15/h5,7-8,11,13H,2-4,6,9-10H2,1H3. The Labute approximate surface area is 134 Å². The smallest absolute Gasteiger partial charge is 0.228 e. The van der Waals surface area contributed by atoms with Crippen LogP contribution in [0.5, 0.6) is 0 Å². The minimum Gasteiger partial charge on any atom is -0.339 e. The largest absolute Gasteiger partial charge is 0.339 e. The summed E-state index contributed by atoms with van der Waals surface area (Å²) in [6.45, 7) is 3.04. The zero-order chi connectivity index (χ0) is 15.4. The lowest BCUT2D eigenvalue weighted by Gasteiger charge is -2.35. The van der Waals surface area contributed by atoms with E-state index in [4.69, 9.17) is 0 Å². The fourth-order valence-corrected chi connectivity index (χ4v) is 3.67. The molecule has 0 bridgehead atoms. The Balaban J connectivity index is 1.68. The van der Waals surface area contributed by atoms with E-state index in [0.717, 1.165) is 36.5 Å². The second kappa shape index (κ2) is 6.96. The molecule has 1 atom stereocenters. The Hall–Kier alpha value is -1.82. The number of aromatic nitrogens is 3. The molecule has 0 aromatic carbocycles. The van der Waals surface area contributed by atoms with Crippen molar-refractivity contribution in [2.24, 2.45) is 0 Å². The van der Waals surface area contributed by atoms with Crippen LogP contribution in [0, 0.1) is 0 Å². The molecule has 116 valence electrons. The SMILES string of the molecule is CCC1CCCCN1C(=O)Cc1csc(-c2ncccn2)n1. The van der Waals surface area contributed by atoms with Crippen molar-refractivity contribution in [1.29, 1.82) is 0 Å². The number of rotatable bonds is 4. The Morgan fingerprint density at radius 3 is 2.95 bits per heavy atom. The Kier molecular flexibility index (Phi) is 4.77. The molecule has 1 fully saturated rings. The van der Waals surface area contributed by atoms with Gasteiger partial charge in [-0.3, -0.25) is 4.79 Å². The summed E-state index contributed by atoms with van der Waals surface area (Å²) in [5.41, 5.74) is 0.817. The molecule has 1 aliphatic rings. The van der Waals surface area contributed by atoms with Crippen LogP contribution in [0.3, 0.4) is 0 Å². The zero-order valence-electron chi connectivity index (χ0n) is 12.7. The first-order chi connectivity index (χ1) is 10.8. The summed E-state index contributed by atoms with van der Waals surface area (Å²) in [6, 6.07) is 2.18.